The molecule has 14 heavy (non-hydrogen) atoms. The molecule has 1 aliphatic rings. The molecule has 0 radical (unpaired) electrons. The van der Waals surface area contributed by atoms with Gasteiger partial charge in [-0.3, -0.25) is 4.98 Å². The Bertz CT molecular complexity index is 345. The van der Waals surface area contributed by atoms with Gasteiger partial charge in [-0.25, -0.2) is 0 Å². The smallest absolute Gasteiger partial charge is 0.0484 e. The molecule has 3 heteroatoms. The fourth-order valence-electron chi connectivity index (χ4n) is 2.26. The van der Waals surface area contributed by atoms with E-state index in [4.69, 9.17) is 5.73 Å². The van der Waals surface area contributed by atoms with Crippen molar-refractivity contribution < 1.29 is 0 Å². The van der Waals surface area contributed by atoms with Crippen molar-refractivity contribution in [3.63, 3.8) is 0 Å². The predicted octanol–water partition coefficient (Wildman–Crippen LogP) is 2.47. The summed E-state index contributed by atoms with van der Waals surface area (Å²) in [7, 11) is 0. The first-order valence-corrected chi connectivity index (χ1v) is 5.63. The van der Waals surface area contributed by atoms with Gasteiger partial charge in [0.1, 0.15) is 0 Å². The molecule has 0 bridgehead atoms. The maximum atomic E-state index is 5.86. The van der Waals surface area contributed by atoms with Gasteiger partial charge in [0.05, 0.1) is 0 Å². The first-order valence-electron chi connectivity index (χ1n) is 4.84. The Kier molecular flexibility index (Phi) is 2.20. The van der Waals surface area contributed by atoms with E-state index in [2.05, 4.69) is 40.8 Å². The summed E-state index contributed by atoms with van der Waals surface area (Å²) in [5.74, 6) is 0. The standard InChI is InChI=1S/C11H15BrN2/c1-10(2)6-11(10,7-13)9-4-3-8(12)5-14-9/h3-5H,6-7,13H2,1-2H3. The van der Waals surface area contributed by atoms with Gasteiger partial charge in [0.25, 0.3) is 0 Å². The fraction of sp³-hybridized carbons (Fsp3) is 0.545. The van der Waals surface area contributed by atoms with Gasteiger partial charge >= 0.3 is 0 Å². The molecule has 2 N–H and O–H groups in total. The molecule has 0 aliphatic heterocycles. The van der Waals surface area contributed by atoms with E-state index in [0.717, 1.165) is 16.6 Å². The zero-order valence-electron chi connectivity index (χ0n) is 8.55. The van der Waals surface area contributed by atoms with Gasteiger partial charge in [-0.2, -0.15) is 0 Å². The molecular formula is C11H15BrN2. The van der Waals surface area contributed by atoms with Crippen LogP contribution in [0.3, 0.4) is 0 Å². The fourth-order valence-corrected chi connectivity index (χ4v) is 2.49. The molecule has 1 aromatic heterocycles. The van der Waals surface area contributed by atoms with Gasteiger partial charge in [-0.1, -0.05) is 13.8 Å². The minimum absolute atomic E-state index is 0.119. The molecule has 0 amide bonds. The Morgan fingerprint density at radius 2 is 2.14 bits per heavy atom. The lowest BCUT2D eigenvalue weighted by Crippen LogP contribution is -2.26. The Hall–Kier alpha value is -0.410. The molecule has 1 unspecified atom stereocenters. The molecule has 1 heterocycles. The summed E-state index contributed by atoms with van der Waals surface area (Å²) in [6.07, 6.45) is 2.99. The van der Waals surface area contributed by atoms with E-state index in [9.17, 15) is 0 Å². The van der Waals surface area contributed by atoms with Crippen LogP contribution in [0.1, 0.15) is 26.0 Å². The molecule has 1 fully saturated rings. The first-order chi connectivity index (χ1) is 6.52. The third kappa shape index (κ3) is 1.30. The van der Waals surface area contributed by atoms with Gasteiger partial charge < -0.3 is 5.73 Å². The van der Waals surface area contributed by atoms with Gasteiger partial charge in [-0.15, -0.1) is 0 Å². The number of rotatable bonds is 2. The number of nitrogens with two attached hydrogens (primary N) is 1. The quantitative estimate of drug-likeness (QED) is 0.881. The number of nitrogens with zero attached hydrogens (tertiary/aromatic N) is 1. The van der Waals surface area contributed by atoms with Crippen molar-refractivity contribution in [2.75, 3.05) is 6.54 Å². The Morgan fingerprint density at radius 1 is 1.50 bits per heavy atom. The summed E-state index contributed by atoms with van der Waals surface area (Å²) < 4.78 is 1.02. The normalized spacial score (nSPS) is 28.9. The van der Waals surface area contributed by atoms with Gasteiger partial charge in [-0.05, 0) is 39.9 Å². The summed E-state index contributed by atoms with van der Waals surface area (Å²) in [4.78, 5) is 4.45. The predicted molar refractivity (Wildman–Crippen MR) is 61.1 cm³/mol. The summed E-state index contributed by atoms with van der Waals surface area (Å²) >= 11 is 3.39. The molecule has 2 nitrogen and oxygen atoms in total. The second-order valence-corrected chi connectivity index (χ2v) is 5.62. The van der Waals surface area contributed by atoms with Crippen molar-refractivity contribution in [1.82, 2.24) is 4.98 Å². The third-order valence-electron chi connectivity index (χ3n) is 3.48. The molecule has 0 spiro atoms. The Labute approximate surface area is 93.0 Å². The third-order valence-corrected chi connectivity index (χ3v) is 3.95. The molecule has 0 aromatic carbocycles. The van der Waals surface area contributed by atoms with Crippen LogP contribution in [0.15, 0.2) is 22.8 Å². The first kappa shape index (κ1) is 10.1. The van der Waals surface area contributed by atoms with Crippen molar-refractivity contribution in [2.24, 2.45) is 11.1 Å². The van der Waals surface area contributed by atoms with E-state index in [0.29, 0.717) is 12.0 Å². The van der Waals surface area contributed by atoms with Crippen molar-refractivity contribution in [3.05, 3.63) is 28.5 Å². The zero-order chi connectivity index (χ0) is 10.4. The largest absolute Gasteiger partial charge is 0.330 e. The summed E-state index contributed by atoms with van der Waals surface area (Å²) in [6.45, 7) is 5.20. The average Bonchev–Trinajstić information content (AvgIpc) is 2.71. The van der Waals surface area contributed by atoms with Gasteiger partial charge in [0.15, 0.2) is 0 Å². The zero-order valence-corrected chi connectivity index (χ0v) is 10.1. The lowest BCUT2D eigenvalue weighted by Gasteiger charge is -2.17. The minimum Gasteiger partial charge on any atom is -0.330 e. The van der Waals surface area contributed by atoms with E-state index in [1.54, 1.807) is 0 Å². The van der Waals surface area contributed by atoms with Crippen LogP contribution in [0, 0.1) is 5.41 Å². The number of aromatic nitrogens is 1. The second-order valence-electron chi connectivity index (χ2n) is 4.71. The van der Waals surface area contributed by atoms with Crippen LogP contribution in [0.4, 0.5) is 0 Å². The minimum atomic E-state index is 0.119. The maximum Gasteiger partial charge on any atom is 0.0484 e. The summed E-state index contributed by atoms with van der Waals surface area (Å²) in [5, 5.41) is 0. The molecule has 76 valence electrons. The summed E-state index contributed by atoms with van der Waals surface area (Å²) in [5.41, 5.74) is 7.42. The molecule has 1 atom stereocenters. The number of halogens is 1. The van der Waals surface area contributed by atoms with Crippen LogP contribution in [-0.4, -0.2) is 11.5 Å². The van der Waals surface area contributed by atoms with Crippen LogP contribution in [0.5, 0.6) is 0 Å². The van der Waals surface area contributed by atoms with Crippen molar-refractivity contribution in [3.8, 4) is 0 Å². The van der Waals surface area contributed by atoms with Crippen LogP contribution in [0.25, 0.3) is 0 Å². The van der Waals surface area contributed by atoms with E-state index in [1.165, 1.54) is 0 Å². The van der Waals surface area contributed by atoms with E-state index in [-0.39, 0.29) is 5.41 Å². The van der Waals surface area contributed by atoms with Crippen LogP contribution in [-0.2, 0) is 5.41 Å². The Balaban J connectivity index is 2.36. The molecule has 2 rings (SSSR count). The highest BCUT2D eigenvalue weighted by molar-refractivity contribution is 9.10. The number of pyridine rings is 1. The Morgan fingerprint density at radius 3 is 2.50 bits per heavy atom. The molecule has 1 aliphatic carbocycles. The molecule has 1 saturated carbocycles. The number of hydrogen-bond acceptors (Lipinski definition) is 2. The van der Waals surface area contributed by atoms with Crippen molar-refractivity contribution >= 4 is 15.9 Å². The van der Waals surface area contributed by atoms with Crippen molar-refractivity contribution in [1.29, 1.82) is 0 Å². The van der Waals surface area contributed by atoms with Crippen LogP contribution >= 0.6 is 15.9 Å². The second kappa shape index (κ2) is 3.04. The SMILES string of the molecule is CC1(C)CC1(CN)c1ccc(Br)cn1. The highest BCUT2D eigenvalue weighted by atomic mass is 79.9. The maximum absolute atomic E-state index is 5.86. The van der Waals surface area contributed by atoms with Gasteiger partial charge in [0, 0.05) is 28.3 Å². The molecular weight excluding hydrogens is 240 g/mol. The molecule has 1 aromatic rings. The lowest BCUT2D eigenvalue weighted by atomic mass is 9.92. The highest BCUT2D eigenvalue weighted by Gasteiger charge is 2.61. The van der Waals surface area contributed by atoms with E-state index >= 15 is 0 Å². The topological polar surface area (TPSA) is 38.9 Å². The number of hydrogen-bond donors (Lipinski definition) is 1. The van der Waals surface area contributed by atoms with E-state index in [1.807, 2.05) is 12.3 Å². The van der Waals surface area contributed by atoms with Gasteiger partial charge in [0.2, 0.25) is 0 Å². The highest BCUT2D eigenvalue weighted by Crippen LogP contribution is 2.63. The average molecular weight is 255 g/mol. The van der Waals surface area contributed by atoms with Crippen molar-refractivity contribution in [2.45, 2.75) is 25.7 Å². The molecule has 0 saturated heterocycles. The monoisotopic (exact) mass is 254 g/mol. The van der Waals surface area contributed by atoms with E-state index < -0.39 is 0 Å². The van der Waals surface area contributed by atoms with Crippen LogP contribution < -0.4 is 5.73 Å². The van der Waals surface area contributed by atoms with Crippen LogP contribution in [0.2, 0.25) is 0 Å². The lowest BCUT2D eigenvalue weighted by molar-refractivity contribution is 0.493. The summed E-state index contributed by atoms with van der Waals surface area (Å²) in [6, 6.07) is 4.11.